The molecule has 136 valence electrons. The Morgan fingerprint density at radius 1 is 1.20 bits per heavy atom. The van der Waals surface area contributed by atoms with E-state index < -0.39 is 0 Å². The van der Waals surface area contributed by atoms with Gasteiger partial charge in [-0.15, -0.1) is 0 Å². The molecule has 3 aliphatic carbocycles. The molecule has 0 aromatic carbocycles. The number of hydrogen-bond donors (Lipinski definition) is 0. The van der Waals surface area contributed by atoms with Crippen LogP contribution in [0, 0.1) is 22.7 Å². The first kappa shape index (κ1) is 18.2. The van der Waals surface area contributed by atoms with E-state index in [1.807, 2.05) is 0 Å². The van der Waals surface area contributed by atoms with Gasteiger partial charge in [0.2, 0.25) is 5.78 Å². The molecule has 4 atom stereocenters. The Kier molecular flexibility index (Phi) is 4.55. The van der Waals surface area contributed by atoms with Crippen LogP contribution in [-0.2, 0) is 14.3 Å². The number of Topliss-reactive ketones (excluding diaryl/α,β-unsaturated/α-hetero) is 1. The van der Waals surface area contributed by atoms with E-state index in [9.17, 15) is 9.59 Å². The molecule has 3 nitrogen and oxygen atoms in total. The van der Waals surface area contributed by atoms with E-state index >= 15 is 0 Å². The second-order valence-corrected chi connectivity index (χ2v) is 8.72. The lowest BCUT2D eigenvalue weighted by Gasteiger charge is -2.56. The molecule has 0 N–H and O–H groups in total. The van der Waals surface area contributed by atoms with Crippen molar-refractivity contribution < 1.29 is 14.3 Å². The zero-order valence-electron chi connectivity index (χ0n) is 16.1. The van der Waals surface area contributed by atoms with Crippen molar-refractivity contribution in [3.05, 3.63) is 35.1 Å². The van der Waals surface area contributed by atoms with Crippen LogP contribution >= 0.6 is 0 Å². The number of ether oxygens (including phenoxy) is 1. The number of fused-ring (bicyclic) bond motifs is 1. The minimum atomic E-state index is -0.139. The number of rotatable bonds is 3. The summed E-state index contributed by atoms with van der Waals surface area (Å²) in [5.74, 6) is 1.07. The summed E-state index contributed by atoms with van der Waals surface area (Å²) in [7, 11) is 1.45. The molecule has 0 aromatic heterocycles. The average molecular weight is 342 g/mol. The molecule has 0 unspecified atom stereocenters. The molecule has 0 amide bonds. The zero-order valence-corrected chi connectivity index (χ0v) is 16.1. The van der Waals surface area contributed by atoms with Crippen molar-refractivity contribution in [1.82, 2.24) is 0 Å². The molecule has 3 aliphatic rings. The Bertz CT molecular complexity index is 696. The predicted molar refractivity (Wildman–Crippen MR) is 98.9 cm³/mol. The lowest BCUT2D eigenvalue weighted by atomic mass is 9.49. The second kappa shape index (κ2) is 6.26. The molecule has 0 spiro atoms. The van der Waals surface area contributed by atoms with Crippen molar-refractivity contribution >= 4 is 11.6 Å². The van der Waals surface area contributed by atoms with E-state index in [0.717, 1.165) is 19.3 Å². The van der Waals surface area contributed by atoms with Crippen LogP contribution in [0.3, 0.4) is 0 Å². The highest BCUT2D eigenvalue weighted by Crippen LogP contribution is 2.60. The summed E-state index contributed by atoms with van der Waals surface area (Å²) in [5, 5.41) is 0. The van der Waals surface area contributed by atoms with Gasteiger partial charge in [-0.25, -0.2) is 0 Å². The van der Waals surface area contributed by atoms with Crippen molar-refractivity contribution in [2.45, 2.75) is 59.8 Å². The molecule has 0 saturated heterocycles. The SMILES string of the molecule is COC1=CC(=O)C=C(C[C@@]2(C)CC[C@]3(C)C(C)=CCC[C@H]3[C@H]2C)C1=O. The second-order valence-electron chi connectivity index (χ2n) is 8.72. The third kappa shape index (κ3) is 2.92. The molecule has 0 bridgehead atoms. The van der Waals surface area contributed by atoms with Crippen LogP contribution in [0.5, 0.6) is 0 Å². The van der Waals surface area contributed by atoms with Crippen molar-refractivity contribution in [1.29, 1.82) is 0 Å². The van der Waals surface area contributed by atoms with Crippen LogP contribution in [0.2, 0.25) is 0 Å². The summed E-state index contributed by atoms with van der Waals surface area (Å²) in [5.41, 5.74) is 2.48. The lowest BCUT2D eigenvalue weighted by molar-refractivity contribution is -0.118. The molecular formula is C22H30O3. The Labute approximate surface area is 151 Å². The summed E-state index contributed by atoms with van der Waals surface area (Å²) in [6.45, 7) is 9.35. The van der Waals surface area contributed by atoms with Crippen molar-refractivity contribution in [3.63, 3.8) is 0 Å². The van der Waals surface area contributed by atoms with Gasteiger partial charge < -0.3 is 4.74 Å². The summed E-state index contributed by atoms with van der Waals surface area (Å²) >= 11 is 0. The topological polar surface area (TPSA) is 43.4 Å². The predicted octanol–water partition coefficient (Wildman–Crippen LogP) is 4.78. The smallest absolute Gasteiger partial charge is 0.223 e. The number of methoxy groups -OCH3 is 1. The van der Waals surface area contributed by atoms with E-state index in [1.54, 1.807) is 0 Å². The first-order chi connectivity index (χ1) is 11.7. The van der Waals surface area contributed by atoms with Gasteiger partial charge in [-0.3, -0.25) is 9.59 Å². The van der Waals surface area contributed by atoms with Crippen LogP contribution in [0.15, 0.2) is 35.1 Å². The zero-order chi connectivity index (χ0) is 18.4. The van der Waals surface area contributed by atoms with Gasteiger partial charge in [-0.2, -0.15) is 0 Å². The van der Waals surface area contributed by atoms with Gasteiger partial charge in [0.1, 0.15) is 0 Å². The van der Waals surface area contributed by atoms with Gasteiger partial charge >= 0.3 is 0 Å². The van der Waals surface area contributed by atoms with E-state index in [1.165, 1.54) is 31.3 Å². The number of allylic oxidation sites excluding steroid dienone is 5. The number of carbonyl (C=O) groups excluding carboxylic acids is 2. The molecule has 3 heteroatoms. The quantitative estimate of drug-likeness (QED) is 0.547. The normalized spacial score (nSPS) is 38.5. The number of carbonyl (C=O) groups is 2. The van der Waals surface area contributed by atoms with Crippen LogP contribution < -0.4 is 0 Å². The first-order valence-corrected chi connectivity index (χ1v) is 9.43. The fourth-order valence-electron chi connectivity index (χ4n) is 5.37. The maximum Gasteiger partial charge on any atom is 0.223 e. The van der Waals surface area contributed by atoms with E-state index in [-0.39, 0.29) is 28.2 Å². The van der Waals surface area contributed by atoms with Crippen molar-refractivity contribution in [3.8, 4) is 0 Å². The first-order valence-electron chi connectivity index (χ1n) is 9.43. The fourth-order valence-corrected chi connectivity index (χ4v) is 5.37. The van der Waals surface area contributed by atoms with Crippen molar-refractivity contribution in [2.24, 2.45) is 22.7 Å². The van der Waals surface area contributed by atoms with Gasteiger partial charge in [0, 0.05) is 11.6 Å². The molecule has 1 fully saturated rings. The molecule has 25 heavy (non-hydrogen) atoms. The highest BCUT2D eigenvalue weighted by Gasteiger charge is 2.51. The van der Waals surface area contributed by atoms with Crippen molar-refractivity contribution in [2.75, 3.05) is 7.11 Å². The Morgan fingerprint density at radius 3 is 2.60 bits per heavy atom. The van der Waals surface area contributed by atoms with Gasteiger partial charge in [-0.05, 0) is 67.8 Å². The molecule has 0 aliphatic heterocycles. The lowest BCUT2D eigenvalue weighted by Crippen LogP contribution is -2.47. The van der Waals surface area contributed by atoms with Gasteiger partial charge in [-0.1, -0.05) is 32.4 Å². The molecule has 0 heterocycles. The third-order valence-electron chi connectivity index (χ3n) is 7.49. The maximum atomic E-state index is 12.6. The van der Waals surface area contributed by atoms with Crippen LogP contribution in [0.1, 0.15) is 59.8 Å². The molecule has 0 aromatic rings. The van der Waals surface area contributed by atoms with E-state index in [2.05, 4.69) is 33.8 Å². The summed E-state index contributed by atoms with van der Waals surface area (Å²) in [6, 6.07) is 0. The molecule has 1 saturated carbocycles. The monoisotopic (exact) mass is 342 g/mol. The Morgan fingerprint density at radius 2 is 1.92 bits per heavy atom. The standard InChI is InChI=1S/C22H30O3/c1-14-7-6-8-18-15(2)21(3,9-10-22(14,18)4)13-16-11-17(23)12-19(25-5)20(16)24/h7,11-12,15,18H,6,8-10,13H2,1-5H3/t15-,18+,21-,22-/m1/s1. The van der Waals surface area contributed by atoms with Crippen LogP contribution in [0.4, 0.5) is 0 Å². The summed E-state index contributed by atoms with van der Waals surface area (Å²) < 4.78 is 5.11. The van der Waals surface area contributed by atoms with E-state index in [4.69, 9.17) is 4.74 Å². The summed E-state index contributed by atoms with van der Waals surface area (Å²) in [6.07, 6.45) is 10.5. The maximum absolute atomic E-state index is 12.6. The van der Waals surface area contributed by atoms with Crippen LogP contribution in [-0.4, -0.2) is 18.7 Å². The average Bonchev–Trinajstić information content (AvgIpc) is 2.57. The van der Waals surface area contributed by atoms with Gasteiger partial charge in [0.15, 0.2) is 11.5 Å². The largest absolute Gasteiger partial charge is 0.493 e. The highest BCUT2D eigenvalue weighted by atomic mass is 16.5. The minimum absolute atomic E-state index is 0.0414. The van der Waals surface area contributed by atoms with E-state index in [0.29, 0.717) is 23.8 Å². The number of hydrogen-bond acceptors (Lipinski definition) is 3. The molecule has 3 rings (SSSR count). The Hall–Kier alpha value is -1.64. The third-order valence-corrected chi connectivity index (χ3v) is 7.49. The van der Waals surface area contributed by atoms with Gasteiger partial charge in [0.05, 0.1) is 7.11 Å². The number of ketones is 2. The molecule has 0 radical (unpaired) electrons. The van der Waals surface area contributed by atoms with Crippen LogP contribution in [0.25, 0.3) is 0 Å². The van der Waals surface area contributed by atoms with Gasteiger partial charge in [0.25, 0.3) is 0 Å². The summed E-state index contributed by atoms with van der Waals surface area (Å²) in [4.78, 5) is 24.5. The fraction of sp³-hybridized carbons (Fsp3) is 0.636. The highest BCUT2D eigenvalue weighted by molar-refractivity contribution is 6.19. The Balaban J connectivity index is 1.85. The molecular weight excluding hydrogens is 312 g/mol. The minimum Gasteiger partial charge on any atom is -0.493 e.